The molecule has 0 aliphatic carbocycles. The van der Waals surface area contributed by atoms with Gasteiger partial charge in [-0.3, -0.25) is 0 Å². The zero-order chi connectivity index (χ0) is 10.1. The molecule has 2 aromatic heterocycles. The Morgan fingerprint density at radius 2 is 2.29 bits per heavy atom. The molecule has 74 valence electrons. The number of aromatic nitrogens is 3. The fraction of sp³-hybridized carbons (Fsp3) is 0.333. The number of ether oxygens (including phenoxy) is 1. The van der Waals surface area contributed by atoms with E-state index in [9.17, 15) is 0 Å². The zero-order valence-electron chi connectivity index (χ0n) is 7.94. The first-order valence-corrected chi connectivity index (χ1v) is 4.71. The molecule has 5 heteroatoms. The van der Waals surface area contributed by atoms with Crippen LogP contribution in [0.2, 0.25) is 5.15 Å². The van der Waals surface area contributed by atoms with Crippen molar-refractivity contribution in [1.82, 2.24) is 14.6 Å². The van der Waals surface area contributed by atoms with Crippen LogP contribution in [0.3, 0.4) is 0 Å². The third-order valence-electron chi connectivity index (χ3n) is 1.66. The molecule has 0 saturated carbocycles. The molecule has 2 aromatic rings. The van der Waals surface area contributed by atoms with Crippen LogP contribution in [0.4, 0.5) is 0 Å². The lowest BCUT2D eigenvalue weighted by Crippen LogP contribution is -2.07. The molecule has 2 heterocycles. The third-order valence-corrected chi connectivity index (χ3v) is 1.84. The SMILES string of the molecule is CC(C)Oc1cc(Cl)nn2ccnc12. The lowest BCUT2D eigenvalue weighted by atomic mass is 10.4. The molecular weight excluding hydrogens is 202 g/mol. The predicted molar refractivity (Wildman–Crippen MR) is 53.8 cm³/mol. The van der Waals surface area contributed by atoms with E-state index in [0.717, 1.165) is 0 Å². The second-order valence-corrected chi connectivity index (χ2v) is 3.58. The molecule has 2 rings (SSSR count). The molecule has 0 amide bonds. The van der Waals surface area contributed by atoms with Crippen LogP contribution >= 0.6 is 11.6 Å². The van der Waals surface area contributed by atoms with Gasteiger partial charge in [-0.15, -0.1) is 0 Å². The highest BCUT2D eigenvalue weighted by Gasteiger charge is 2.08. The van der Waals surface area contributed by atoms with E-state index in [0.29, 0.717) is 16.5 Å². The van der Waals surface area contributed by atoms with Gasteiger partial charge in [-0.2, -0.15) is 5.10 Å². The second-order valence-electron chi connectivity index (χ2n) is 3.19. The first kappa shape index (κ1) is 9.27. The van der Waals surface area contributed by atoms with E-state index in [1.807, 2.05) is 13.8 Å². The number of nitrogens with zero attached hydrogens (tertiary/aromatic N) is 3. The smallest absolute Gasteiger partial charge is 0.196 e. The molecule has 0 atom stereocenters. The van der Waals surface area contributed by atoms with Crippen molar-refractivity contribution < 1.29 is 4.74 Å². The molecule has 0 radical (unpaired) electrons. The van der Waals surface area contributed by atoms with Crippen LogP contribution in [0.15, 0.2) is 18.5 Å². The van der Waals surface area contributed by atoms with Gasteiger partial charge in [0.1, 0.15) is 0 Å². The Morgan fingerprint density at radius 1 is 1.50 bits per heavy atom. The summed E-state index contributed by atoms with van der Waals surface area (Å²) in [5.41, 5.74) is 0.683. The number of hydrogen-bond donors (Lipinski definition) is 0. The van der Waals surface area contributed by atoms with Crippen molar-refractivity contribution in [3.8, 4) is 5.75 Å². The highest BCUT2D eigenvalue weighted by molar-refractivity contribution is 6.29. The van der Waals surface area contributed by atoms with Crippen LogP contribution in [0.25, 0.3) is 5.65 Å². The molecule has 0 fully saturated rings. The van der Waals surface area contributed by atoms with Crippen molar-refractivity contribution in [2.75, 3.05) is 0 Å². The molecule has 14 heavy (non-hydrogen) atoms. The van der Waals surface area contributed by atoms with Gasteiger partial charge in [-0.05, 0) is 13.8 Å². The summed E-state index contributed by atoms with van der Waals surface area (Å²) in [5, 5.41) is 4.44. The van der Waals surface area contributed by atoms with Crippen molar-refractivity contribution in [3.05, 3.63) is 23.6 Å². The molecule has 0 bridgehead atoms. The Hall–Kier alpha value is -1.29. The number of imidazole rings is 1. The van der Waals surface area contributed by atoms with Crippen LogP contribution in [0, 0.1) is 0 Å². The van der Waals surface area contributed by atoms with Gasteiger partial charge in [0, 0.05) is 18.5 Å². The summed E-state index contributed by atoms with van der Waals surface area (Å²) in [7, 11) is 0. The summed E-state index contributed by atoms with van der Waals surface area (Å²) in [6, 6.07) is 1.67. The maximum atomic E-state index is 5.82. The van der Waals surface area contributed by atoms with Crippen molar-refractivity contribution in [1.29, 1.82) is 0 Å². The molecule has 0 aliphatic rings. The molecule has 0 N–H and O–H groups in total. The third kappa shape index (κ3) is 1.65. The number of halogens is 1. The highest BCUT2D eigenvalue weighted by atomic mass is 35.5. The van der Waals surface area contributed by atoms with E-state index in [1.165, 1.54) is 0 Å². The van der Waals surface area contributed by atoms with Gasteiger partial charge in [0.2, 0.25) is 0 Å². The lowest BCUT2D eigenvalue weighted by Gasteiger charge is -2.10. The second kappa shape index (κ2) is 3.46. The van der Waals surface area contributed by atoms with E-state index in [-0.39, 0.29) is 6.10 Å². The minimum absolute atomic E-state index is 0.0916. The van der Waals surface area contributed by atoms with Gasteiger partial charge in [-0.25, -0.2) is 9.50 Å². The number of hydrogen-bond acceptors (Lipinski definition) is 3. The Bertz CT molecular complexity index is 452. The van der Waals surface area contributed by atoms with Crippen molar-refractivity contribution >= 4 is 17.2 Å². The monoisotopic (exact) mass is 211 g/mol. The highest BCUT2D eigenvalue weighted by Crippen LogP contribution is 2.21. The van der Waals surface area contributed by atoms with Crippen LogP contribution in [0.1, 0.15) is 13.8 Å². The summed E-state index contributed by atoms with van der Waals surface area (Å²) in [6.45, 7) is 3.90. The molecule has 0 unspecified atom stereocenters. The average molecular weight is 212 g/mol. The van der Waals surface area contributed by atoms with Crippen LogP contribution in [0.5, 0.6) is 5.75 Å². The summed E-state index contributed by atoms with van der Waals surface area (Å²) < 4.78 is 7.16. The molecule has 0 saturated heterocycles. The first-order chi connectivity index (χ1) is 6.66. The van der Waals surface area contributed by atoms with Crippen molar-refractivity contribution in [2.24, 2.45) is 0 Å². The lowest BCUT2D eigenvalue weighted by molar-refractivity contribution is 0.243. The van der Waals surface area contributed by atoms with E-state index < -0.39 is 0 Å². The van der Waals surface area contributed by atoms with Gasteiger partial charge in [0.25, 0.3) is 0 Å². The molecule has 0 aliphatic heterocycles. The first-order valence-electron chi connectivity index (χ1n) is 4.33. The Balaban J connectivity index is 2.55. The van der Waals surface area contributed by atoms with Gasteiger partial charge >= 0.3 is 0 Å². The predicted octanol–water partition coefficient (Wildman–Crippen LogP) is 2.17. The normalized spacial score (nSPS) is 11.1. The van der Waals surface area contributed by atoms with Crippen LogP contribution < -0.4 is 4.74 Å². The minimum atomic E-state index is 0.0916. The molecule has 0 spiro atoms. The largest absolute Gasteiger partial charge is 0.487 e. The van der Waals surface area contributed by atoms with Gasteiger partial charge in [0.05, 0.1) is 6.10 Å². The summed E-state index contributed by atoms with van der Waals surface area (Å²) >= 11 is 5.82. The fourth-order valence-corrected chi connectivity index (χ4v) is 1.38. The van der Waals surface area contributed by atoms with E-state index in [1.54, 1.807) is 23.0 Å². The zero-order valence-corrected chi connectivity index (χ0v) is 8.69. The maximum absolute atomic E-state index is 5.82. The average Bonchev–Trinajstić information content (AvgIpc) is 2.50. The molecule has 4 nitrogen and oxygen atoms in total. The van der Waals surface area contributed by atoms with E-state index in [4.69, 9.17) is 16.3 Å². The summed E-state index contributed by atoms with van der Waals surface area (Å²) in [5.74, 6) is 0.657. The van der Waals surface area contributed by atoms with Crippen molar-refractivity contribution in [2.45, 2.75) is 20.0 Å². The van der Waals surface area contributed by atoms with Crippen LogP contribution in [-0.2, 0) is 0 Å². The Labute approximate surface area is 86.5 Å². The standard InChI is InChI=1S/C9H10ClN3O/c1-6(2)14-7-5-8(10)12-13-4-3-11-9(7)13/h3-6H,1-2H3. The van der Waals surface area contributed by atoms with Gasteiger partial charge in [-0.1, -0.05) is 11.6 Å². The maximum Gasteiger partial charge on any atom is 0.196 e. The Kier molecular flexibility index (Phi) is 2.29. The van der Waals surface area contributed by atoms with Gasteiger partial charge < -0.3 is 4.74 Å². The van der Waals surface area contributed by atoms with Crippen molar-refractivity contribution in [3.63, 3.8) is 0 Å². The quantitative estimate of drug-likeness (QED) is 0.764. The topological polar surface area (TPSA) is 39.4 Å². The number of fused-ring (bicyclic) bond motifs is 1. The van der Waals surface area contributed by atoms with Gasteiger partial charge in [0.15, 0.2) is 16.5 Å². The Morgan fingerprint density at radius 3 is 3.00 bits per heavy atom. The van der Waals surface area contributed by atoms with E-state index >= 15 is 0 Å². The van der Waals surface area contributed by atoms with Crippen LogP contribution in [-0.4, -0.2) is 20.7 Å². The summed E-state index contributed by atoms with van der Waals surface area (Å²) in [6.07, 6.45) is 3.48. The molecular formula is C9H10ClN3O. The minimum Gasteiger partial charge on any atom is -0.487 e. The molecule has 0 aromatic carbocycles. The number of rotatable bonds is 2. The summed E-state index contributed by atoms with van der Waals surface area (Å²) in [4.78, 5) is 4.13. The fourth-order valence-electron chi connectivity index (χ4n) is 1.20. The van der Waals surface area contributed by atoms with E-state index in [2.05, 4.69) is 10.1 Å².